The molecule has 0 fully saturated rings. The predicted octanol–water partition coefficient (Wildman–Crippen LogP) is 3.12. The van der Waals surface area contributed by atoms with E-state index >= 15 is 0 Å². The SMILES string of the molecule is CCCCNc1ccc(S(=O)(=O)NCCc2ccccc2)cc1C(=O)O. The fourth-order valence-corrected chi connectivity index (χ4v) is 3.54. The topological polar surface area (TPSA) is 95.5 Å². The Balaban J connectivity index is 2.10. The zero-order chi connectivity index (χ0) is 19.0. The molecule has 2 aromatic carbocycles. The Kier molecular flexibility index (Phi) is 7.17. The molecule has 0 aliphatic carbocycles. The van der Waals surface area contributed by atoms with E-state index in [2.05, 4.69) is 10.0 Å². The van der Waals surface area contributed by atoms with Crippen molar-refractivity contribution in [2.24, 2.45) is 0 Å². The van der Waals surface area contributed by atoms with Gasteiger partial charge in [0, 0.05) is 18.8 Å². The van der Waals surface area contributed by atoms with Crippen LogP contribution in [0.3, 0.4) is 0 Å². The van der Waals surface area contributed by atoms with Crippen LogP contribution in [0, 0.1) is 0 Å². The van der Waals surface area contributed by atoms with E-state index in [-0.39, 0.29) is 17.0 Å². The van der Waals surface area contributed by atoms with Gasteiger partial charge in [-0.3, -0.25) is 0 Å². The average Bonchev–Trinajstić information content (AvgIpc) is 2.62. The Morgan fingerprint density at radius 2 is 1.81 bits per heavy atom. The van der Waals surface area contributed by atoms with E-state index in [4.69, 9.17) is 0 Å². The Labute approximate surface area is 154 Å². The first kappa shape index (κ1) is 19.9. The van der Waals surface area contributed by atoms with Crippen LogP contribution in [0.1, 0.15) is 35.7 Å². The monoisotopic (exact) mass is 376 g/mol. The molecule has 140 valence electrons. The number of nitrogens with one attached hydrogen (secondary N) is 2. The van der Waals surface area contributed by atoms with Gasteiger partial charge in [-0.1, -0.05) is 43.7 Å². The van der Waals surface area contributed by atoms with Crippen molar-refractivity contribution in [3.63, 3.8) is 0 Å². The molecule has 0 heterocycles. The molecule has 0 bridgehead atoms. The molecule has 2 aromatic rings. The highest BCUT2D eigenvalue weighted by Crippen LogP contribution is 2.21. The number of anilines is 1. The van der Waals surface area contributed by atoms with E-state index in [1.165, 1.54) is 18.2 Å². The maximum absolute atomic E-state index is 12.4. The third-order valence-electron chi connectivity index (χ3n) is 3.93. The number of unbranched alkanes of at least 4 members (excludes halogenated alkanes) is 1. The first-order chi connectivity index (χ1) is 12.4. The molecule has 0 radical (unpaired) electrons. The second-order valence-electron chi connectivity index (χ2n) is 5.93. The largest absolute Gasteiger partial charge is 0.478 e. The molecular weight excluding hydrogens is 352 g/mol. The Bertz CT molecular complexity index is 836. The van der Waals surface area contributed by atoms with Crippen LogP contribution in [0.15, 0.2) is 53.4 Å². The fraction of sp³-hybridized carbons (Fsp3) is 0.316. The Morgan fingerprint density at radius 1 is 1.08 bits per heavy atom. The molecule has 0 aliphatic rings. The van der Waals surface area contributed by atoms with Gasteiger partial charge in [0.2, 0.25) is 10.0 Å². The molecule has 3 N–H and O–H groups in total. The van der Waals surface area contributed by atoms with Gasteiger partial charge >= 0.3 is 5.97 Å². The lowest BCUT2D eigenvalue weighted by atomic mass is 10.1. The molecule has 0 saturated carbocycles. The number of hydrogen-bond acceptors (Lipinski definition) is 4. The predicted molar refractivity (Wildman–Crippen MR) is 102 cm³/mol. The summed E-state index contributed by atoms with van der Waals surface area (Å²) in [6.07, 6.45) is 2.44. The van der Waals surface area contributed by atoms with Crippen LogP contribution < -0.4 is 10.0 Å². The average molecular weight is 376 g/mol. The van der Waals surface area contributed by atoms with Crippen LogP contribution in [0.5, 0.6) is 0 Å². The van der Waals surface area contributed by atoms with Crippen LogP contribution in [0.4, 0.5) is 5.69 Å². The number of hydrogen-bond donors (Lipinski definition) is 3. The van der Waals surface area contributed by atoms with Crippen molar-refractivity contribution in [2.75, 3.05) is 18.4 Å². The van der Waals surface area contributed by atoms with Gasteiger partial charge in [-0.05, 0) is 36.6 Å². The number of carbonyl (C=O) groups is 1. The molecule has 0 aliphatic heterocycles. The maximum Gasteiger partial charge on any atom is 0.337 e. The minimum atomic E-state index is -3.77. The summed E-state index contributed by atoms with van der Waals surface area (Å²) in [5.41, 5.74) is 1.40. The summed E-state index contributed by atoms with van der Waals surface area (Å²) in [4.78, 5) is 11.4. The summed E-state index contributed by atoms with van der Waals surface area (Å²) in [5.74, 6) is -1.16. The van der Waals surface area contributed by atoms with Gasteiger partial charge in [0.25, 0.3) is 0 Å². The molecule has 0 spiro atoms. The molecular formula is C19H24N2O4S. The first-order valence-electron chi connectivity index (χ1n) is 8.59. The second-order valence-corrected chi connectivity index (χ2v) is 7.69. The molecule has 7 heteroatoms. The molecule has 26 heavy (non-hydrogen) atoms. The van der Waals surface area contributed by atoms with Gasteiger partial charge in [-0.2, -0.15) is 0 Å². The third-order valence-corrected chi connectivity index (χ3v) is 5.38. The number of sulfonamides is 1. The van der Waals surface area contributed by atoms with E-state index in [1.54, 1.807) is 0 Å². The third kappa shape index (κ3) is 5.57. The number of aromatic carboxylic acids is 1. The zero-order valence-electron chi connectivity index (χ0n) is 14.7. The van der Waals surface area contributed by atoms with Crippen LogP contribution in [0.25, 0.3) is 0 Å². The van der Waals surface area contributed by atoms with Gasteiger partial charge in [0.05, 0.1) is 10.5 Å². The van der Waals surface area contributed by atoms with Crippen molar-refractivity contribution in [3.8, 4) is 0 Å². The standard InChI is InChI=1S/C19H24N2O4S/c1-2-3-12-20-18-10-9-16(14-17(18)19(22)23)26(24,25)21-13-11-15-7-5-4-6-8-15/h4-10,14,20-21H,2-3,11-13H2,1H3,(H,22,23). The van der Waals surface area contributed by atoms with E-state index in [1.807, 2.05) is 37.3 Å². The number of carboxylic acids is 1. The summed E-state index contributed by atoms with van der Waals surface area (Å²) in [6.45, 7) is 2.92. The van der Waals surface area contributed by atoms with Gasteiger partial charge in [0.15, 0.2) is 0 Å². The van der Waals surface area contributed by atoms with Gasteiger partial charge in [0.1, 0.15) is 0 Å². The zero-order valence-corrected chi connectivity index (χ0v) is 15.6. The molecule has 0 aromatic heterocycles. The highest BCUT2D eigenvalue weighted by Gasteiger charge is 2.18. The molecule has 2 rings (SSSR count). The van der Waals surface area contributed by atoms with Crippen molar-refractivity contribution in [3.05, 3.63) is 59.7 Å². The second kappa shape index (κ2) is 9.35. The summed E-state index contributed by atoms with van der Waals surface area (Å²) in [6, 6.07) is 13.7. The maximum atomic E-state index is 12.4. The number of carboxylic acid groups (broad SMARTS) is 1. The normalized spacial score (nSPS) is 11.3. The quantitative estimate of drug-likeness (QED) is 0.554. The van der Waals surface area contributed by atoms with Crippen molar-refractivity contribution in [1.29, 1.82) is 0 Å². The van der Waals surface area contributed by atoms with Crippen molar-refractivity contribution >= 4 is 21.7 Å². The van der Waals surface area contributed by atoms with Gasteiger partial charge in [-0.25, -0.2) is 17.9 Å². The van der Waals surface area contributed by atoms with Crippen LogP contribution in [0.2, 0.25) is 0 Å². The smallest absolute Gasteiger partial charge is 0.337 e. The highest BCUT2D eigenvalue weighted by molar-refractivity contribution is 7.89. The lowest BCUT2D eigenvalue weighted by molar-refractivity contribution is 0.0697. The lowest BCUT2D eigenvalue weighted by Crippen LogP contribution is -2.26. The van der Waals surface area contributed by atoms with E-state index in [0.29, 0.717) is 18.7 Å². The van der Waals surface area contributed by atoms with E-state index < -0.39 is 16.0 Å². The fourth-order valence-electron chi connectivity index (χ4n) is 2.48. The van der Waals surface area contributed by atoms with Crippen LogP contribution in [-0.4, -0.2) is 32.6 Å². The molecule has 0 unspecified atom stereocenters. The summed E-state index contributed by atoms with van der Waals surface area (Å²) in [5, 5.41) is 12.4. The summed E-state index contributed by atoms with van der Waals surface area (Å²) < 4.78 is 27.4. The van der Waals surface area contributed by atoms with Crippen LogP contribution in [-0.2, 0) is 16.4 Å². The minimum Gasteiger partial charge on any atom is -0.478 e. The molecule has 0 amide bonds. The molecule has 0 saturated heterocycles. The van der Waals surface area contributed by atoms with Crippen LogP contribution >= 0.6 is 0 Å². The van der Waals surface area contributed by atoms with Crippen molar-refractivity contribution in [2.45, 2.75) is 31.1 Å². The number of benzene rings is 2. The highest BCUT2D eigenvalue weighted by atomic mass is 32.2. The lowest BCUT2D eigenvalue weighted by Gasteiger charge is -2.12. The Hall–Kier alpha value is -2.38. The van der Waals surface area contributed by atoms with Gasteiger partial charge < -0.3 is 10.4 Å². The van der Waals surface area contributed by atoms with Crippen molar-refractivity contribution in [1.82, 2.24) is 4.72 Å². The number of rotatable bonds is 10. The Morgan fingerprint density at radius 3 is 2.46 bits per heavy atom. The molecule has 0 atom stereocenters. The van der Waals surface area contributed by atoms with E-state index in [9.17, 15) is 18.3 Å². The molecule has 6 nitrogen and oxygen atoms in total. The van der Waals surface area contributed by atoms with Crippen molar-refractivity contribution < 1.29 is 18.3 Å². The first-order valence-corrected chi connectivity index (χ1v) is 10.1. The van der Waals surface area contributed by atoms with E-state index in [0.717, 1.165) is 18.4 Å². The summed E-state index contributed by atoms with van der Waals surface area (Å²) in [7, 11) is -3.77. The van der Waals surface area contributed by atoms with Gasteiger partial charge in [-0.15, -0.1) is 0 Å². The minimum absolute atomic E-state index is 0.0490. The summed E-state index contributed by atoms with van der Waals surface area (Å²) >= 11 is 0.